The first-order chi connectivity index (χ1) is 8.24. The molecule has 1 aromatic heterocycles. The summed E-state index contributed by atoms with van der Waals surface area (Å²) in [6.45, 7) is 0. The van der Waals surface area contributed by atoms with Gasteiger partial charge < -0.3 is 9.57 Å². The number of hydrogen-bond acceptors (Lipinski definition) is 4. The molecule has 0 atom stereocenters. The zero-order chi connectivity index (χ0) is 11.8. The van der Waals surface area contributed by atoms with Crippen LogP contribution in [0.2, 0.25) is 0 Å². The standard InChI is InChI=1S/C12H7NO4/c14-11-5-6-12(15)17-13-9-4-2-1-3-8(9)7-10(13)16-11/h1-7H/b6-5+. The van der Waals surface area contributed by atoms with Crippen LogP contribution >= 0.6 is 0 Å². The van der Waals surface area contributed by atoms with Crippen LogP contribution in [-0.2, 0) is 9.59 Å². The number of ether oxygens (including phenoxy) is 1. The van der Waals surface area contributed by atoms with Crippen molar-refractivity contribution in [1.82, 2.24) is 4.73 Å². The topological polar surface area (TPSA) is 57.5 Å². The third-order valence-electron chi connectivity index (χ3n) is 2.38. The summed E-state index contributed by atoms with van der Waals surface area (Å²) in [4.78, 5) is 27.7. The van der Waals surface area contributed by atoms with Gasteiger partial charge in [-0.3, -0.25) is 0 Å². The highest BCUT2D eigenvalue weighted by Crippen LogP contribution is 2.25. The molecule has 17 heavy (non-hydrogen) atoms. The number of carbonyl (C=O) groups is 2. The van der Waals surface area contributed by atoms with Gasteiger partial charge in [0.2, 0.25) is 5.88 Å². The molecule has 0 fully saturated rings. The van der Waals surface area contributed by atoms with E-state index in [1.54, 1.807) is 18.2 Å². The summed E-state index contributed by atoms with van der Waals surface area (Å²) in [6, 6.07) is 8.89. The molecule has 0 saturated heterocycles. The van der Waals surface area contributed by atoms with Gasteiger partial charge in [-0.25, -0.2) is 9.59 Å². The number of esters is 1. The first-order valence-electron chi connectivity index (χ1n) is 4.97. The van der Waals surface area contributed by atoms with Gasteiger partial charge in [-0.05, 0) is 6.07 Å². The smallest absolute Gasteiger partial charge is 0.356 e. The summed E-state index contributed by atoms with van der Waals surface area (Å²) < 4.78 is 6.24. The van der Waals surface area contributed by atoms with Crippen LogP contribution in [0.1, 0.15) is 0 Å². The molecule has 0 saturated carbocycles. The number of para-hydroxylation sites is 1. The average molecular weight is 229 g/mol. The van der Waals surface area contributed by atoms with Crippen molar-refractivity contribution >= 4 is 22.8 Å². The lowest BCUT2D eigenvalue weighted by atomic mass is 10.3. The second kappa shape index (κ2) is 3.48. The molecule has 0 aliphatic carbocycles. The number of hydrogen-bond donors (Lipinski definition) is 0. The molecule has 0 unspecified atom stereocenters. The lowest BCUT2D eigenvalue weighted by molar-refractivity contribution is -0.141. The summed E-state index contributed by atoms with van der Waals surface area (Å²) in [5.74, 6) is -1.04. The van der Waals surface area contributed by atoms with Gasteiger partial charge in [-0.15, -0.1) is 4.73 Å². The summed E-state index contributed by atoms with van der Waals surface area (Å²) in [5, 5.41) is 0.824. The molecular weight excluding hydrogens is 222 g/mol. The molecule has 2 heterocycles. The fourth-order valence-electron chi connectivity index (χ4n) is 1.66. The third kappa shape index (κ3) is 1.57. The van der Waals surface area contributed by atoms with E-state index in [-0.39, 0.29) is 5.88 Å². The molecular formula is C12H7NO4. The fraction of sp³-hybridized carbons (Fsp3) is 0. The van der Waals surface area contributed by atoms with Crippen LogP contribution in [0.5, 0.6) is 5.88 Å². The SMILES string of the molecule is O=C1/C=C/C(=O)On2c(cc3ccccc32)O1. The minimum atomic E-state index is -0.621. The maximum Gasteiger partial charge on any atom is 0.356 e. The lowest BCUT2D eigenvalue weighted by Gasteiger charge is -2.10. The molecule has 3 rings (SSSR count). The Kier molecular flexibility index (Phi) is 1.98. The Bertz CT molecular complexity index is 654. The van der Waals surface area contributed by atoms with Gasteiger partial charge in [0, 0.05) is 23.6 Å². The van der Waals surface area contributed by atoms with Gasteiger partial charge in [0.1, 0.15) is 0 Å². The second-order valence-electron chi connectivity index (χ2n) is 3.50. The molecule has 1 aliphatic heterocycles. The number of nitrogens with zero attached hydrogens (tertiary/aromatic N) is 1. The molecule has 0 N–H and O–H groups in total. The van der Waals surface area contributed by atoms with E-state index in [2.05, 4.69) is 0 Å². The van der Waals surface area contributed by atoms with Crippen molar-refractivity contribution in [2.24, 2.45) is 0 Å². The summed E-state index contributed by atoms with van der Waals surface area (Å²) >= 11 is 0. The Morgan fingerprint density at radius 1 is 1.00 bits per heavy atom. The molecule has 0 spiro atoms. The molecule has 84 valence electrons. The number of carbonyl (C=O) groups excluding carboxylic acids is 2. The van der Waals surface area contributed by atoms with Gasteiger partial charge in [-0.1, -0.05) is 18.2 Å². The van der Waals surface area contributed by atoms with E-state index in [9.17, 15) is 9.59 Å². The van der Waals surface area contributed by atoms with Crippen molar-refractivity contribution in [3.8, 4) is 5.88 Å². The Hall–Kier alpha value is -2.56. The van der Waals surface area contributed by atoms with Crippen molar-refractivity contribution in [3.05, 3.63) is 42.5 Å². The average Bonchev–Trinajstić information content (AvgIpc) is 2.63. The van der Waals surface area contributed by atoms with E-state index in [1.165, 1.54) is 4.73 Å². The van der Waals surface area contributed by atoms with E-state index in [0.29, 0.717) is 5.52 Å². The van der Waals surface area contributed by atoms with E-state index < -0.39 is 11.9 Å². The zero-order valence-electron chi connectivity index (χ0n) is 8.62. The molecule has 0 bridgehead atoms. The maximum atomic E-state index is 11.3. The third-order valence-corrected chi connectivity index (χ3v) is 2.38. The summed E-state index contributed by atoms with van der Waals surface area (Å²) in [5.41, 5.74) is 0.666. The van der Waals surface area contributed by atoms with E-state index >= 15 is 0 Å². The van der Waals surface area contributed by atoms with Crippen molar-refractivity contribution in [2.75, 3.05) is 0 Å². The van der Waals surface area contributed by atoms with Crippen LogP contribution in [0.15, 0.2) is 42.5 Å². The van der Waals surface area contributed by atoms with Gasteiger partial charge in [0.05, 0.1) is 5.52 Å². The predicted octanol–water partition coefficient (Wildman–Crippen LogP) is 1.07. The zero-order valence-corrected chi connectivity index (χ0v) is 8.62. The van der Waals surface area contributed by atoms with Crippen LogP contribution in [0.4, 0.5) is 0 Å². The van der Waals surface area contributed by atoms with Crippen LogP contribution in [0.25, 0.3) is 10.9 Å². The molecule has 1 aromatic carbocycles. The highest BCUT2D eigenvalue weighted by Gasteiger charge is 2.17. The van der Waals surface area contributed by atoms with Crippen LogP contribution in [0, 0.1) is 0 Å². The lowest BCUT2D eigenvalue weighted by Crippen LogP contribution is -2.22. The first kappa shape index (κ1) is 9.65. The first-order valence-corrected chi connectivity index (χ1v) is 4.97. The summed E-state index contributed by atoms with van der Waals surface area (Å²) in [6.07, 6.45) is 2.06. The summed E-state index contributed by atoms with van der Waals surface area (Å²) in [7, 11) is 0. The quantitative estimate of drug-likeness (QED) is 0.634. The van der Waals surface area contributed by atoms with Crippen LogP contribution in [0.3, 0.4) is 0 Å². The monoisotopic (exact) mass is 229 g/mol. The van der Waals surface area contributed by atoms with Gasteiger partial charge >= 0.3 is 11.9 Å². The van der Waals surface area contributed by atoms with Gasteiger partial charge in [0.25, 0.3) is 0 Å². The molecule has 5 heteroatoms. The van der Waals surface area contributed by atoms with Gasteiger partial charge in [-0.2, -0.15) is 0 Å². The van der Waals surface area contributed by atoms with Crippen LogP contribution < -0.4 is 9.57 Å². The second-order valence-corrected chi connectivity index (χ2v) is 3.50. The van der Waals surface area contributed by atoms with E-state index in [4.69, 9.17) is 9.57 Å². The molecule has 1 aliphatic rings. The normalized spacial score (nSPS) is 16.7. The highest BCUT2D eigenvalue weighted by atomic mass is 16.7. The number of rotatable bonds is 0. The number of benzene rings is 1. The Morgan fingerprint density at radius 3 is 2.65 bits per heavy atom. The number of aromatic nitrogens is 1. The van der Waals surface area contributed by atoms with Crippen molar-refractivity contribution in [2.45, 2.75) is 0 Å². The molecule has 0 radical (unpaired) electrons. The van der Waals surface area contributed by atoms with Crippen molar-refractivity contribution < 1.29 is 19.2 Å². The molecule has 5 nitrogen and oxygen atoms in total. The number of fused-ring (bicyclic) bond motifs is 3. The molecule has 2 aromatic rings. The largest absolute Gasteiger partial charge is 0.403 e. The Labute approximate surface area is 95.8 Å². The van der Waals surface area contributed by atoms with Crippen LogP contribution in [-0.4, -0.2) is 16.7 Å². The minimum Gasteiger partial charge on any atom is -0.403 e. The Balaban J connectivity index is 2.23. The van der Waals surface area contributed by atoms with Crippen molar-refractivity contribution in [1.29, 1.82) is 0 Å². The fourth-order valence-corrected chi connectivity index (χ4v) is 1.66. The van der Waals surface area contributed by atoms with E-state index in [0.717, 1.165) is 17.5 Å². The minimum absolute atomic E-state index is 0.189. The Morgan fingerprint density at radius 2 is 1.76 bits per heavy atom. The highest BCUT2D eigenvalue weighted by molar-refractivity contribution is 5.94. The van der Waals surface area contributed by atoms with Crippen molar-refractivity contribution in [3.63, 3.8) is 0 Å². The van der Waals surface area contributed by atoms with E-state index in [1.807, 2.05) is 12.1 Å². The van der Waals surface area contributed by atoms with Gasteiger partial charge in [0.15, 0.2) is 0 Å². The predicted molar refractivity (Wildman–Crippen MR) is 58.3 cm³/mol. The molecule has 0 amide bonds. The maximum absolute atomic E-state index is 11.3.